The molecule has 2 spiro atoms. The number of rotatable bonds is 8. The molecule has 2 aliphatic heterocycles. The topological polar surface area (TPSA) is 151 Å². The van der Waals surface area contributed by atoms with Crippen LogP contribution in [-0.2, 0) is 15.0 Å². The van der Waals surface area contributed by atoms with Crippen LogP contribution in [0.25, 0.3) is 0 Å². The molecule has 0 radical (unpaired) electrons. The van der Waals surface area contributed by atoms with E-state index in [4.69, 9.17) is 23.2 Å². The molecule has 6 N–H and O–H groups in total. The lowest BCUT2D eigenvalue weighted by atomic mass is 9.53. The van der Waals surface area contributed by atoms with E-state index in [-0.39, 0.29) is 34.0 Å². The Labute approximate surface area is 348 Å². The van der Waals surface area contributed by atoms with E-state index < -0.39 is 47.3 Å². The number of aliphatic hydroxyl groups excluding tert-OH is 2. The van der Waals surface area contributed by atoms with Crippen molar-refractivity contribution in [2.45, 2.75) is 112 Å². The third kappa shape index (κ3) is 6.96. The van der Waals surface area contributed by atoms with Crippen LogP contribution >= 0.6 is 23.2 Å². The van der Waals surface area contributed by atoms with Gasteiger partial charge >= 0.3 is 6.09 Å². The second kappa shape index (κ2) is 15.6. The highest BCUT2D eigenvalue weighted by Crippen LogP contribution is 2.69. The van der Waals surface area contributed by atoms with Crippen LogP contribution in [0.4, 0.5) is 16.2 Å². The molecule has 2 saturated carbocycles. The van der Waals surface area contributed by atoms with Gasteiger partial charge in [-0.3, -0.25) is 19.8 Å². The zero-order valence-electron chi connectivity index (χ0n) is 32.6. The number of fused-ring (bicyclic) bond motifs is 3. The molecule has 0 bridgehead atoms. The van der Waals surface area contributed by atoms with Gasteiger partial charge in [0.2, 0.25) is 11.8 Å². The van der Waals surface area contributed by atoms with Crippen molar-refractivity contribution in [2.24, 2.45) is 5.41 Å². The van der Waals surface area contributed by atoms with Crippen molar-refractivity contribution < 1.29 is 29.7 Å². The van der Waals surface area contributed by atoms with Gasteiger partial charge in [0, 0.05) is 38.9 Å². The van der Waals surface area contributed by atoms with Crippen molar-refractivity contribution >= 4 is 52.5 Å². The molecular weight excluding hydrogens is 775 g/mol. The van der Waals surface area contributed by atoms with Crippen LogP contribution in [0.2, 0.25) is 10.0 Å². The lowest BCUT2D eigenvalue weighted by molar-refractivity contribution is -0.137. The molecule has 2 aliphatic carbocycles. The van der Waals surface area contributed by atoms with E-state index in [1.54, 1.807) is 24.3 Å². The van der Waals surface area contributed by atoms with E-state index in [9.17, 15) is 20.1 Å². The van der Waals surface area contributed by atoms with E-state index in [1.807, 2.05) is 66.7 Å². The molecular formula is C46H50Cl2N4O6. The average Bonchev–Trinajstić information content (AvgIpc) is 3.62. The van der Waals surface area contributed by atoms with E-state index in [0.717, 1.165) is 5.56 Å². The lowest BCUT2D eigenvalue weighted by Gasteiger charge is -2.56. The number of carbonyl (C=O) groups excluding carboxylic acids is 2. The smallest absolute Gasteiger partial charge is 0.409 e. The van der Waals surface area contributed by atoms with Crippen molar-refractivity contribution in [1.82, 2.24) is 10.2 Å². The minimum absolute atomic E-state index is 0.0935. The highest BCUT2D eigenvalue weighted by Gasteiger charge is 2.77. The molecule has 4 aromatic carbocycles. The minimum atomic E-state index is -1.47. The number of hydrogen-bond donors (Lipinski definition) is 6. The first-order valence-corrected chi connectivity index (χ1v) is 21.0. The number of hydrogen-bond acceptors (Lipinski definition) is 6. The predicted octanol–water partition coefficient (Wildman–Crippen LogP) is 8.97. The van der Waals surface area contributed by atoms with Crippen LogP contribution in [0.5, 0.6) is 0 Å². The summed E-state index contributed by atoms with van der Waals surface area (Å²) in [6.07, 6.45) is 1.79. The Morgan fingerprint density at radius 3 is 2.10 bits per heavy atom. The van der Waals surface area contributed by atoms with Crippen molar-refractivity contribution in [2.75, 3.05) is 10.6 Å². The zero-order valence-corrected chi connectivity index (χ0v) is 34.1. The SMILES string of the molecule is CC1(C)CCC2(CC1)N([C@H](c1ccccc1)[C@@H](O)c1ccccc1)[C@@H](C(=O)N[C@H]1CC[C@H](O)CC1)[C@H](c1cc(Cl)cc(NC(=O)O)c1)C21C(=O)Nc2cc(Cl)ccc21. The minimum Gasteiger partial charge on any atom is -0.465 e. The largest absolute Gasteiger partial charge is 0.465 e. The number of likely N-dealkylation sites (tertiary alicyclic amines) is 1. The van der Waals surface area contributed by atoms with Crippen molar-refractivity contribution in [3.8, 4) is 0 Å². The van der Waals surface area contributed by atoms with Crippen LogP contribution in [0.15, 0.2) is 97.1 Å². The third-order valence-electron chi connectivity index (χ3n) is 13.5. The number of halogens is 2. The van der Waals surface area contributed by atoms with Gasteiger partial charge in [0.25, 0.3) is 0 Å². The summed E-state index contributed by atoms with van der Waals surface area (Å²) in [6, 6.07) is 27.2. The van der Waals surface area contributed by atoms with Crippen LogP contribution in [0.1, 0.15) is 106 Å². The number of amides is 3. The van der Waals surface area contributed by atoms with Crippen LogP contribution < -0.4 is 16.0 Å². The van der Waals surface area contributed by atoms with Crippen molar-refractivity contribution in [3.05, 3.63) is 129 Å². The summed E-state index contributed by atoms with van der Waals surface area (Å²) >= 11 is 13.5. The number of carboxylic acid groups (broad SMARTS) is 1. The highest BCUT2D eigenvalue weighted by atomic mass is 35.5. The number of benzene rings is 4. The molecule has 5 atom stereocenters. The first-order valence-electron chi connectivity index (χ1n) is 20.2. The number of carbonyl (C=O) groups is 3. The van der Waals surface area contributed by atoms with E-state index >= 15 is 9.59 Å². The van der Waals surface area contributed by atoms with Gasteiger partial charge in [0.15, 0.2) is 0 Å². The monoisotopic (exact) mass is 824 g/mol. The fraction of sp³-hybridized carbons (Fsp3) is 0.413. The fourth-order valence-electron chi connectivity index (χ4n) is 10.8. The van der Waals surface area contributed by atoms with E-state index in [1.165, 1.54) is 6.07 Å². The van der Waals surface area contributed by atoms with Crippen LogP contribution in [0.3, 0.4) is 0 Å². The Morgan fingerprint density at radius 2 is 1.47 bits per heavy atom. The molecule has 304 valence electrons. The van der Waals surface area contributed by atoms with Gasteiger partial charge < -0.3 is 26.0 Å². The second-order valence-electron chi connectivity index (χ2n) is 17.4. The Kier molecular flexibility index (Phi) is 10.9. The molecule has 10 nitrogen and oxygen atoms in total. The molecule has 3 amide bonds. The number of anilines is 2. The third-order valence-corrected chi connectivity index (χ3v) is 13.9. The van der Waals surface area contributed by atoms with Gasteiger partial charge in [-0.05, 0) is 109 Å². The predicted molar refractivity (Wildman–Crippen MR) is 225 cm³/mol. The average molecular weight is 826 g/mol. The molecule has 12 heteroatoms. The summed E-state index contributed by atoms with van der Waals surface area (Å²) < 4.78 is 0. The Balaban J connectivity index is 1.48. The molecule has 4 aliphatic rings. The first kappa shape index (κ1) is 40.3. The molecule has 0 aromatic heterocycles. The molecule has 1 saturated heterocycles. The maximum Gasteiger partial charge on any atom is 0.409 e. The van der Waals surface area contributed by atoms with Gasteiger partial charge in [-0.25, -0.2) is 4.79 Å². The fourth-order valence-corrected chi connectivity index (χ4v) is 11.3. The van der Waals surface area contributed by atoms with Gasteiger partial charge in [-0.2, -0.15) is 0 Å². The summed E-state index contributed by atoms with van der Waals surface area (Å²) in [6.45, 7) is 4.45. The maximum absolute atomic E-state index is 15.8. The Hall–Kier alpha value is -4.45. The lowest BCUT2D eigenvalue weighted by Crippen LogP contribution is -2.64. The molecule has 58 heavy (non-hydrogen) atoms. The van der Waals surface area contributed by atoms with Crippen LogP contribution in [-0.4, -0.2) is 61.9 Å². The molecule has 4 aromatic rings. The molecule has 2 heterocycles. The zero-order chi connectivity index (χ0) is 41.0. The quantitative estimate of drug-likeness (QED) is 0.104. The standard InChI is InChI=1S/C46H50Cl2N4O6/c1-44(2)19-21-45(22-20-44)46(35-18-13-30(47)26-36(35)51-42(46)56)37(29-23-31(48)25-33(24-29)50-43(57)58)39(41(55)49-32-14-16-34(53)17-15-32)52(45)38(27-9-5-3-6-10-27)40(54)28-11-7-4-8-12-28/h3-13,18,23-26,32,34,37-40,50,53-54H,14-17,19-22H2,1-2H3,(H,49,55)(H,51,56)(H,57,58)/t32-,34-,37-,38+,39+,40-,46?/m0/s1. The summed E-state index contributed by atoms with van der Waals surface area (Å²) in [7, 11) is 0. The Morgan fingerprint density at radius 1 is 0.828 bits per heavy atom. The van der Waals surface area contributed by atoms with E-state index in [2.05, 4.69) is 34.7 Å². The molecule has 8 rings (SSSR count). The second-order valence-corrected chi connectivity index (χ2v) is 18.3. The van der Waals surface area contributed by atoms with Gasteiger partial charge in [0.1, 0.15) is 5.41 Å². The maximum atomic E-state index is 15.8. The van der Waals surface area contributed by atoms with Crippen molar-refractivity contribution in [3.63, 3.8) is 0 Å². The first-order chi connectivity index (χ1) is 27.7. The number of nitrogens with one attached hydrogen (secondary N) is 3. The molecule has 3 fully saturated rings. The summed E-state index contributed by atoms with van der Waals surface area (Å²) in [4.78, 5) is 45.8. The van der Waals surface area contributed by atoms with Gasteiger partial charge in [-0.1, -0.05) is 104 Å². The normalized spacial score (nSPS) is 27.1. The summed E-state index contributed by atoms with van der Waals surface area (Å²) in [5, 5.41) is 42.9. The summed E-state index contributed by atoms with van der Waals surface area (Å²) in [5.41, 5.74) is 0.682. The number of aliphatic hydroxyl groups is 2. The van der Waals surface area contributed by atoms with Crippen molar-refractivity contribution in [1.29, 1.82) is 0 Å². The van der Waals surface area contributed by atoms with Gasteiger partial charge in [-0.15, -0.1) is 0 Å². The Bertz CT molecular complexity index is 2190. The van der Waals surface area contributed by atoms with E-state index in [0.29, 0.717) is 78.8 Å². The highest BCUT2D eigenvalue weighted by molar-refractivity contribution is 6.31. The van der Waals surface area contributed by atoms with Gasteiger partial charge in [0.05, 0.1) is 24.3 Å². The van der Waals surface area contributed by atoms with Crippen LogP contribution in [0, 0.1) is 5.41 Å². The molecule has 1 unspecified atom stereocenters. The number of nitrogens with zero attached hydrogens (tertiary/aromatic N) is 1. The summed E-state index contributed by atoms with van der Waals surface area (Å²) in [5.74, 6) is -1.58.